The molecule has 0 saturated heterocycles. The van der Waals surface area contributed by atoms with Gasteiger partial charge in [0.25, 0.3) is 0 Å². The molecule has 1 aromatic carbocycles. The first kappa shape index (κ1) is 8.74. The molecule has 1 heterocycles. The normalized spacial score (nSPS) is 15.0. The zero-order valence-electron chi connectivity index (χ0n) is 7.02. The molecular formula is C10H9IN2. The second kappa shape index (κ2) is 3.91. The molecule has 0 aromatic heterocycles. The van der Waals surface area contributed by atoms with E-state index in [1.165, 1.54) is 9.26 Å². The van der Waals surface area contributed by atoms with Crippen LogP contribution >= 0.6 is 22.6 Å². The van der Waals surface area contributed by atoms with Gasteiger partial charge in [0, 0.05) is 21.7 Å². The summed E-state index contributed by atoms with van der Waals surface area (Å²) in [6, 6.07) is 8.41. The molecule has 0 fully saturated rings. The number of benzene rings is 1. The first-order valence-electron chi connectivity index (χ1n) is 4.05. The van der Waals surface area contributed by atoms with Crippen LogP contribution in [0.15, 0.2) is 41.5 Å². The minimum absolute atomic E-state index is 0.719. The van der Waals surface area contributed by atoms with Gasteiger partial charge in [0.15, 0.2) is 0 Å². The topological polar surface area (TPSA) is 15.6 Å². The summed E-state index contributed by atoms with van der Waals surface area (Å²) in [5, 5.41) is 0. The lowest BCUT2D eigenvalue weighted by Gasteiger charge is -2.19. The van der Waals surface area contributed by atoms with Crippen LogP contribution in [0.1, 0.15) is 0 Å². The predicted octanol–water partition coefficient (Wildman–Crippen LogP) is 2.65. The Balaban J connectivity index is 2.21. The maximum Gasteiger partial charge on any atom is 0.114 e. The molecule has 3 heteroatoms. The lowest BCUT2D eigenvalue weighted by Crippen LogP contribution is -2.18. The fraction of sp³-hybridized carbons (Fsp3) is 0.100. The van der Waals surface area contributed by atoms with Crippen LogP contribution in [0.25, 0.3) is 0 Å². The second-order valence-electron chi connectivity index (χ2n) is 2.76. The van der Waals surface area contributed by atoms with Crippen molar-refractivity contribution in [2.75, 3.05) is 11.6 Å². The van der Waals surface area contributed by atoms with E-state index in [4.69, 9.17) is 0 Å². The Labute approximate surface area is 91.1 Å². The lowest BCUT2D eigenvalue weighted by molar-refractivity contribution is 0.970. The van der Waals surface area contributed by atoms with Crippen LogP contribution < -0.4 is 4.90 Å². The van der Waals surface area contributed by atoms with Crippen molar-refractivity contribution >= 4 is 34.5 Å². The Morgan fingerprint density at radius 3 is 2.62 bits per heavy atom. The number of aliphatic imine (C=N–C) groups is 1. The van der Waals surface area contributed by atoms with Gasteiger partial charge in [-0.15, -0.1) is 0 Å². The van der Waals surface area contributed by atoms with Crippen molar-refractivity contribution in [2.45, 2.75) is 0 Å². The van der Waals surface area contributed by atoms with Gasteiger partial charge >= 0.3 is 0 Å². The summed E-state index contributed by atoms with van der Waals surface area (Å²) in [4.78, 5) is 6.28. The molecule has 2 rings (SSSR count). The summed E-state index contributed by atoms with van der Waals surface area (Å²) in [5.41, 5.74) is 1.19. The molecule has 1 aliphatic heterocycles. The zero-order valence-corrected chi connectivity index (χ0v) is 9.18. The molecule has 0 atom stereocenters. The summed E-state index contributed by atoms with van der Waals surface area (Å²) in [5.74, 6) is 0. The highest BCUT2D eigenvalue weighted by atomic mass is 127. The van der Waals surface area contributed by atoms with E-state index in [1.54, 1.807) is 0 Å². The van der Waals surface area contributed by atoms with Crippen molar-refractivity contribution < 1.29 is 0 Å². The summed E-state index contributed by atoms with van der Waals surface area (Å²) in [6.45, 7) is 0.719. The van der Waals surface area contributed by atoms with E-state index in [0.717, 1.165) is 6.67 Å². The molecule has 13 heavy (non-hydrogen) atoms. The van der Waals surface area contributed by atoms with Crippen LogP contribution in [0, 0.1) is 3.57 Å². The molecule has 0 radical (unpaired) electrons. The summed E-state index contributed by atoms with van der Waals surface area (Å²) in [7, 11) is 0. The first-order chi connectivity index (χ1) is 6.36. The van der Waals surface area contributed by atoms with E-state index < -0.39 is 0 Å². The highest BCUT2D eigenvalue weighted by molar-refractivity contribution is 14.1. The molecule has 1 aromatic rings. The van der Waals surface area contributed by atoms with E-state index in [9.17, 15) is 0 Å². The number of hydrogen-bond donors (Lipinski definition) is 0. The van der Waals surface area contributed by atoms with Crippen molar-refractivity contribution in [3.8, 4) is 0 Å². The first-order valence-corrected chi connectivity index (χ1v) is 5.13. The Bertz CT molecular complexity index is 340. The highest BCUT2D eigenvalue weighted by Gasteiger charge is 2.02. The van der Waals surface area contributed by atoms with E-state index >= 15 is 0 Å². The predicted molar refractivity (Wildman–Crippen MR) is 64.1 cm³/mol. The third-order valence-corrected chi connectivity index (χ3v) is 2.57. The number of allylic oxidation sites excluding steroid dienone is 1. The molecule has 66 valence electrons. The summed E-state index contributed by atoms with van der Waals surface area (Å²) >= 11 is 2.30. The van der Waals surface area contributed by atoms with Crippen molar-refractivity contribution in [2.24, 2.45) is 4.99 Å². The minimum Gasteiger partial charge on any atom is -0.328 e. The molecular weight excluding hydrogens is 275 g/mol. The van der Waals surface area contributed by atoms with Gasteiger partial charge in [0.05, 0.1) is 0 Å². The van der Waals surface area contributed by atoms with Crippen molar-refractivity contribution in [1.29, 1.82) is 0 Å². The average Bonchev–Trinajstić information content (AvgIpc) is 2.20. The van der Waals surface area contributed by atoms with Crippen molar-refractivity contribution in [3.63, 3.8) is 0 Å². The maximum absolute atomic E-state index is 4.17. The largest absolute Gasteiger partial charge is 0.328 e. The number of hydrogen-bond acceptors (Lipinski definition) is 2. The van der Waals surface area contributed by atoms with Gasteiger partial charge in [0.2, 0.25) is 0 Å². The van der Waals surface area contributed by atoms with E-state index in [0.29, 0.717) is 0 Å². The van der Waals surface area contributed by atoms with E-state index in [2.05, 4.69) is 56.7 Å². The summed E-state index contributed by atoms with van der Waals surface area (Å²) in [6.07, 6.45) is 5.81. The molecule has 0 bridgehead atoms. The SMILES string of the molecule is Ic1ccc(N2C=CC=NC2)cc1. The lowest BCUT2D eigenvalue weighted by atomic mass is 10.3. The van der Waals surface area contributed by atoms with Crippen LogP contribution in [0.5, 0.6) is 0 Å². The van der Waals surface area contributed by atoms with Crippen molar-refractivity contribution in [1.82, 2.24) is 0 Å². The van der Waals surface area contributed by atoms with Gasteiger partial charge in [-0.2, -0.15) is 0 Å². The number of rotatable bonds is 1. The molecule has 0 amide bonds. The monoisotopic (exact) mass is 284 g/mol. The maximum atomic E-state index is 4.17. The highest BCUT2D eigenvalue weighted by Crippen LogP contribution is 2.17. The van der Waals surface area contributed by atoms with Crippen LogP contribution in [-0.4, -0.2) is 12.9 Å². The third kappa shape index (κ3) is 2.09. The molecule has 1 aliphatic rings. The Morgan fingerprint density at radius 1 is 1.23 bits per heavy atom. The fourth-order valence-electron chi connectivity index (χ4n) is 1.19. The van der Waals surface area contributed by atoms with Gasteiger partial charge in [-0.3, -0.25) is 4.99 Å². The average molecular weight is 284 g/mol. The summed E-state index contributed by atoms with van der Waals surface area (Å²) < 4.78 is 1.26. The molecule has 0 saturated carbocycles. The van der Waals surface area contributed by atoms with E-state index in [-0.39, 0.29) is 0 Å². The van der Waals surface area contributed by atoms with Crippen LogP contribution in [-0.2, 0) is 0 Å². The molecule has 0 N–H and O–H groups in total. The molecule has 0 aliphatic carbocycles. The van der Waals surface area contributed by atoms with Crippen LogP contribution in [0.4, 0.5) is 5.69 Å². The number of anilines is 1. The minimum atomic E-state index is 0.719. The van der Waals surface area contributed by atoms with Gasteiger partial charge in [-0.1, -0.05) is 0 Å². The molecule has 0 unspecified atom stereocenters. The number of halogens is 1. The fourth-order valence-corrected chi connectivity index (χ4v) is 1.55. The zero-order chi connectivity index (χ0) is 9.10. The second-order valence-corrected chi connectivity index (χ2v) is 4.01. The van der Waals surface area contributed by atoms with Crippen molar-refractivity contribution in [3.05, 3.63) is 40.1 Å². The van der Waals surface area contributed by atoms with Gasteiger partial charge in [-0.25, -0.2) is 0 Å². The Morgan fingerprint density at radius 2 is 2.00 bits per heavy atom. The quantitative estimate of drug-likeness (QED) is 0.724. The Kier molecular flexibility index (Phi) is 2.63. The van der Waals surface area contributed by atoms with Crippen LogP contribution in [0.2, 0.25) is 0 Å². The standard InChI is InChI=1S/C10H9IN2/c11-9-2-4-10(5-3-9)13-7-1-6-12-8-13/h1-7H,8H2. The van der Waals surface area contributed by atoms with Gasteiger partial charge in [0.1, 0.15) is 6.67 Å². The van der Waals surface area contributed by atoms with Gasteiger partial charge in [-0.05, 0) is 52.9 Å². The number of nitrogens with zero attached hydrogens (tertiary/aromatic N) is 2. The molecule has 0 spiro atoms. The third-order valence-electron chi connectivity index (χ3n) is 1.85. The smallest absolute Gasteiger partial charge is 0.114 e. The van der Waals surface area contributed by atoms with Gasteiger partial charge < -0.3 is 4.90 Å². The van der Waals surface area contributed by atoms with E-state index in [1.807, 2.05) is 18.5 Å². The van der Waals surface area contributed by atoms with Crippen LogP contribution in [0.3, 0.4) is 0 Å². The molecule has 2 nitrogen and oxygen atoms in total. The Hall–Kier alpha value is -0.840.